The second-order valence-corrected chi connectivity index (χ2v) is 26.4. The Morgan fingerprint density at radius 3 is 1.63 bits per heavy atom. The van der Waals surface area contributed by atoms with E-state index in [0.717, 1.165) is 106 Å². The molecule has 68 heavy (non-hydrogen) atoms. The van der Waals surface area contributed by atoms with Crippen molar-refractivity contribution in [2.24, 2.45) is 81.8 Å². The van der Waals surface area contributed by atoms with E-state index in [0.29, 0.717) is 60.7 Å². The Kier molecular flexibility index (Phi) is 13.4. The van der Waals surface area contributed by atoms with Crippen molar-refractivity contribution < 1.29 is 20.4 Å². The van der Waals surface area contributed by atoms with E-state index in [4.69, 9.17) is 9.94 Å². The molecule has 8 fully saturated rings. The van der Waals surface area contributed by atoms with Crippen molar-refractivity contribution in [3.63, 3.8) is 0 Å². The fourth-order valence-electron chi connectivity index (χ4n) is 19.8. The minimum Gasteiger partial charge on any atom is -0.390 e. The summed E-state index contributed by atoms with van der Waals surface area (Å²) in [7, 11) is 0. The van der Waals surface area contributed by atoms with Gasteiger partial charge in [0.1, 0.15) is 11.6 Å². The summed E-state index contributed by atoms with van der Waals surface area (Å²) in [5.41, 5.74) is -1.16. The minimum absolute atomic E-state index is 0.100. The van der Waals surface area contributed by atoms with Crippen molar-refractivity contribution in [1.82, 2.24) is 19.6 Å². The second-order valence-electron chi connectivity index (χ2n) is 26.4. The van der Waals surface area contributed by atoms with Crippen molar-refractivity contribution in [3.8, 4) is 12.1 Å². The van der Waals surface area contributed by atoms with Crippen LogP contribution in [0.2, 0.25) is 0 Å². The average molecular weight is 934 g/mol. The molecule has 18 atom stereocenters. The molecule has 0 amide bonds. The normalized spacial score (nSPS) is 43.8. The van der Waals surface area contributed by atoms with Gasteiger partial charge in [0, 0.05) is 18.8 Å². The van der Waals surface area contributed by atoms with E-state index in [1.54, 1.807) is 17.1 Å². The van der Waals surface area contributed by atoms with Crippen LogP contribution in [0.15, 0.2) is 24.8 Å². The molecule has 10 heteroatoms. The third kappa shape index (κ3) is 9.08. The Labute approximate surface area is 409 Å². The zero-order valence-electron chi connectivity index (χ0n) is 42.8. The summed E-state index contributed by atoms with van der Waals surface area (Å²) in [6, 6.07) is 5.44. The molecule has 0 bridgehead atoms. The summed E-state index contributed by atoms with van der Waals surface area (Å²) in [4.78, 5) is 4.71. The van der Waals surface area contributed by atoms with Crippen LogP contribution in [0.4, 0.5) is 0 Å². The molecule has 10 nitrogen and oxygen atoms in total. The van der Waals surface area contributed by atoms with Gasteiger partial charge >= 0.3 is 6.07 Å². The number of hydrogen-bond donors (Lipinski definition) is 4. The lowest BCUT2D eigenvalue weighted by molar-refractivity contribution is -0.171. The third-order valence-corrected chi connectivity index (χ3v) is 22.4. The standard InChI is InChI=1S/C58H89N6O4/c1-6-22-57(67)26-20-43-41(29-57)14-16-47-45(43)18-24-54(3)49(47)11-8-13-52(54)56(5,66)38-64-36-40(34-62-64)32-60-28-9-23-58(68)27-21-44-42(30-58)15-17-48-46(44)19-25-53(2)50(48)10-7-12-51(53)55(4,65)37-63-35-39(31-59)33-61-63/h33-36,41-52,65-68H,6-30,37-38H2,1-5H3/q+1/t41-,42-,43-,44-,45+,46+,47+,48+,49-,50-,51-,52-,53-,54-,55-,56+,57+,58+/m0/s1. The van der Waals surface area contributed by atoms with Crippen LogP contribution in [0.5, 0.6) is 0 Å². The molecule has 0 radical (unpaired) electrons. The summed E-state index contributed by atoms with van der Waals surface area (Å²) >= 11 is 0. The van der Waals surface area contributed by atoms with Crippen molar-refractivity contribution in [3.05, 3.63) is 40.8 Å². The fraction of sp³-hybridized carbons (Fsp3) is 0.862. The number of fused-ring (bicyclic) bond motifs is 10. The third-order valence-electron chi connectivity index (χ3n) is 22.4. The smallest absolute Gasteiger partial charge is 0.314 e. The fourth-order valence-corrected chi connectivity index (χ4v) is 19.8. The van der Waals surface area contributed by atoms with E-state index in [9.17, 15) is 25.7 Å². The first-order chi connectivity index (χ1) is 32.5. The van der Waals surface area contributed by atoms with Crippen LogP contribution in [-0.4, -0.2) is 68.9 Å². The molecule has 4 N–H and O–H groups in total. The largest absolute Gasteiger partial charge is 0.390 e. The lowest BCUT2D eigenvalue weighted by atomic mass is 9.43. The first-order valence-corrected chi connectivity index (χ1v) is 28.2. The molecule has 0 saturated heterocycles. The van der Waals surface area contributed by atoms with Crippen LogP contribution >= 0.6 is 0 Å². The number of nitrogens with zero attached hydrogens (tertiary/aromatic N) is 6. The van der Waals surface area contributed by atoms with Gasteiger partial charge < -0.3 is 20.4 Å². The Morgan fingerprint density at radius 2 is 1.13 bits per heavy atom. The molecule has 2 aromatic rings. The molecule has 8 saturated carbocycles. The van der Waals surface area contributed by atoms with Crippen molar-refractivity contribution in [2.45, 2.75) is 224 Å². The molecular weight excluding hydrogens is 845 g/mol. The highest BCUT2D eigenvalue weighted by Crippen LogP contribution is 2.67. The number of rotatable bonds is 11. The highest BCUT2D eigenvalue weighted by atomic mass is 16.3. The van der Waals surface area contributed by atoms with Crippen LogP contribution in [0, 0.1) is 99.2 Å². The van der Waals surface area contributed by atoms with Crippen molar-refractivity contribution in [2.75, 3.05) is 6.54 Å². The molecule has 8 aliphatic carbocycles. The summed E-state index contributed by atoms with van der Waals surface area (Å²) in [6.45, 7) is 12.9. The predicted molar refractivity (Wildman–Crippen MR) is 266 cm³/mol. The van der Waals surface area contributed by atoms with Crippen LogP contribution < -0.4 is 0 Å². The maximum absolute atomic E-state index is 12.4. The Morgan fingerprint density at radius 1 is 0.647 bits per heavy atom. The maximum Gasteiger partial charge on any atom is 0.314 e. The number of hydrogen-bond acceptors (Lipinski definition) is 7. The summed E-state index contributed by atoms with van der Waals surface area (Å²) in [6.07, 6.45) is 34.0. The number of aliphatic hydroxyl groups is 4. The quantitative estimate of drug-likeness (QED) is 0.164. The van der Waals surface area contributed by atoms with E-state index in [1.165, 1.54) is 77.0 Å². The molecular formula is C58H89N6O4+. The predicted octanol–water partition coefficient (Wildman–Crippen LogP) is 11.2. The monoisotopic (exact) mass is 934 g/mol. The minimum atomic E-state index is -0.888. The number of nitriles is 1. The average Bonchev–Trinajstić information content (AvgIpc) is 3.95. The van der Waals surface area contributed by atoms with Gasteiger partial charge in [-0.3, -0.25) is 9.36 Å². The summed E-state index contributed by atoms with van der Waals surface area (Å²) in [5.74, 6) is 7.51. The van der Waals surface area contributed by atoms with Gasteiger partial charge in [0.15, 0.2) is 0 Å². The highest BCUT2D eigenvalue weighted by molar-refractivity contribution is 5.26. The van der Waals surface area contributed by atoms with Crippen LogP contribution in [0.3, 0.4) is 0 Å². The topological polar surface area (TPSA) is 145 Å². The zero-order valence-corrected chi connectivity index (χ0v) is 42.8. The lowest BCUT2D eigenvalue weighted by Crippen LogP contribution is -2.58. The van der Waals surface area contributed by atoms with Gasteiger partial charge in [0.25, 0.3) is 6.54 Å². The Hall–Kier alpha value is -2.76. The van der Waals surface area contributed by atoms with Gasteiger partial charge in [-0.05, 0) is 224 Å². The zero-order chi connectivity index (χ0) is 47.7. The van der Waals surface area contributed by atoms with Crippen molar-refractivity contribution in [1.29, 1.82) is 5.26 Å². The van der Waals surface area contributed by atoms with Gasteiger partial charge in [-0.15, -0.1) is 0 Å². The second kappa shape index (κ2) is 18.7. The molecule has 0 aliphatic heterocycles. The Balaban J connectivity index is 0.697. The molecule has 10 rings (SSSR count). The summed E-state index contributed by atoms with van der Waals surface area (Å²) in [5, 5.41) is 66.3. The van der Waals surface area contributed by atoms with E-state index in [2.05, 4.69) is 44.9 Å². The highest BCUT2D eigenvalue weighted by Gasteiger charge is 2.61. The first-order valence-electron chi connectivity index (χ1n) is 28.2. The van der Waals surface area contributed by atoms with Gasteiger partial charge in [0.05, 0.1) is 53.5 Å². The summed E-state index contributed by atoms with van der Waals surface area (Å²) < 4.78 is 3.69. The van der Waals surface area contributed by atoms with Crippen LogP contribution in [0.1, 0.15) is 200 Å². The Bertz CT molecular complexity index is 2200. The molecule has 8 aliphatic rings. The van der Waals surface area contributed by atoms with E-state index in [1.807, 2.05) is 24.0 Å². The molecule has 0 unspecified atom stereocenters. The van der Waals surface area contributed by atoms with Crippen molar-refractivity contribution >= 4 is 0 Å². The van der Waals surface area contributed by atoms with Gasteiger partial charge in [0.2, 0.25) is 0 Å². The van der Waals surface area contributed by atoms with Crippen LogP contribution in [-0.2, 0) is 13.1 Å². The van der Waals surface area contributed by atoms with Gasteiger partial charge in [-0.25, -0.2) is 0 Å². The molecule has 0 aromatic carbocycles. The molecule has 2 aromatic heterocycles. The lowest BCUT2D eigenvalue weighted by Gasteiger charge is -2.62. The maximum atomic E-state index is 12.4. The molecule has 2 heterocycles. The molecule has 374 valence electrons. The van der Waals surface area contributed by atoms with E-state index >= 15 is 0 Å². The van der Waals surface area contributed by atoms with Gasteiger partial charge in [-0.2, -0.15) is 15.5 Å². The number of aromatic nitrogens is 4. The van der Waals surface area contributed by atoms with E-state index in [-0.39, 0.29) is 22.7 Å². The van der Waals surface area contributed by atoms with E-state index < -0.39 is 22.4 Å². The SMILES string of the molecule is CCC[C@@]1(O)CC[C@H]2[C@@H](CC[C@@H]3[C@@H]2CC[C@@]2(C)[C@H]3CCC[C@@H]2[C@](C)(O)Cn2cc(C#[N+]CCC[C@@]3(O)CC[C@H]4[C@@H](CC[C@@H]5[C@@H]4CC[C@@]4(C)[C@H]5CCC[C@@H]4[C@@](C)(O)Cn4cc(C#N)cn4)C3)cn2)C1. The molecule has 0 spiro atoms. The van der Waals surface area contributed by atoms with Gasteiger partial charge in [-0.1, -0.05) is 44.9 Å². The van der Waals surface area contributed by atoms with Crippen LogP contribution in [0.25, 0.3) is 4.85 Å². The first kappa shape index (κ1) is 48.8.